The van der Waals surface area contributed by atoms with Gasteiger partial charge in [-0.3, -0.25) is 0 Å². The quantitative estimate of drug-likeness (QED) is 0.244. The molecule has 1 unspecified atom stereocenters. The van der Waals surface area contributed by atoms with E-state index in [1.165, 1.54) is 6.07 Å². The zero-order valence-corrected chi connectivity index (χ0v) is 23.0. The van der Waals surface area contributed by atoms with Crippen molar-refractivity contribution in [3.63, 3.8) is 0 Å². The second kappa shape index (κ2) is 11.0. The molecule has 5 nitrogen and oxygen atoms in total. The Bertz CT molecular complexity index is 1130. The molecule has 34 heavy (non-hydrogen) atoms. The second-order valence-corrected chi connectivity index (χ2v) is 13.3. The van der Waals surface area contributed by atoms with Gasteiger partial charge in [0.25, 0.3) is 0 Å². The molecule has 2 aromatic rings. The van der Waals surface area contributed by atoms with Crippen molar-refractivity contribution in [1.29, 1.82) is 0 Å². The fraction of sp³-hybridized carbons (Fsp3) is 0.583. The standard InChI is InChI=1S/C24H32AsF3N2O3S/c1-5-17(6-2)25-23-20(8-4)29-22(19(7-3)30-23)18-13-15-11-9-10-12-16(15)14-21(18)33-34(31,32)24(26,27)28/h13-14,17,25H,5-12H2,1-4H3. The summed E-state index contributed by atoms with van der Waals surface area (Å²) in [5.74, 6) is -0.326. The number of aromatic nitrogens is 2. The molecule has 1 aliphatic rings. The molecule has 0 fully saturated rings. The molecule has 0 saturated heterocycles. The number of alkyl halides is 3. The van der Waals surface area contributed by atoms with E-state index in [1.54, 1.807) is 6.07 Å². The summed E-state index contributed by atoms with van der Waals surface area (Å²) in [6.07, 6.45) is 6.63. The van der Waals surface area contributed by atoms with Crippen LogP contribution in [-0.2, 0) is 35.8 Å². The van der Waals surface area contributed by atoms with Crippen LogP contribution < -0.4 is 8.66 Å². The third-order valence-electron chi connectivity index (χ3n) is 6.22. The number of halogens is 3. The maximum absolute atomic E-state index is 13.2. The average Bonchev–Trinajstić information content (AvgIpc) is 2.80. The first-order valence-electron chi connectivity index (χ1n) is 11.9. The van der Waals surface area contributed by atoms with E-state index in [2.05, 4.69) is 13.8 Å². The molecule has 3 rings (SSSR count). The summed E-state index contributed by atoms with van der Waals surface area (Å²) in [4.78, 5) is 9.81. The molecule has 0 aliphatic heterocycles. The first kappa shape index (κ1) is 27.0. The van der Waals surface area contributed by atoms with E-state index in [0.717, 1.165) is 53.4 Å². The number of benzene rings is 1. The molecule has 0 spiro atoms. The van der Waals surface area contributed by atoms with Gasteiger partial charge in [-0.2, -0.15) is 0 Å². The number of rotatable bonds is 9. The Morgan fingerprint density at radius 2 is 1.56 bits per heavy atom. The summed E-state index contributed by atoms with van der Waals surface area (Å²) >= 11 is -0.536. The van der Waals surface area contributed by atoms with E-state index >= 15 is 0 Å². The van der Waals surface area contributed by atoms with Crippen molar-refractivity contribution >= 4 is 30.4 Å². The summed E-state index contributed by atoms with van der Waals surface area (Å²) < 4.78 is 69.6. The summed E-state index contributed by atoms with van der Waals surface area (Å²) in [7, 11) is -5.82. The molecule has 188 valence electrons. The van der Waals surface area contributed by atoms with Crippen LogP contribution in [0.3, 0.4) is 0 Å². The van der Waals surface area contributed by atoms with Gasteiger partial charge in [0, 0.05) is 0 Å². The van der Waals surface area contributed by atoms with Crippen LogP contribution in [0.25, 0.3) is 11.3 Å². The summed E-state index contributed by atoms with van der Waals surface area (Å²) in [6.45, 7) is 8.25. The van der Waals surface area contributed by atoms with Crippen molar-refractivity contribution in [2.45, 2.75) is 89.3 Å². The first-order chi connectivity index (χ1) is 16.0. The predicted octanol–water partition coefficient (Wildman–Crippen LogP) is 5.05. The molecule has 10 heteroatoms. The van der Waals surface area contributed by atoms with Gasteiger partial charge in [0.2, 0.25) is 0 Å². The van der Waals surface area contributed by atoms with Gasteiger partial charge in [-0.25, -0.2) is 0 Å². The van der Waals surface area contributed by atoms with Crippen LogP contribution in [0.5, 0.6) is 5.75 Å². The van der Waals surface area contributed by atoms with Gasteiger partial charge in [-0.15, -0.1) is 0 Å². The SMILES string of the molecule is CCc1nc(-c2cc3c(cc2OS(=O)(=O)C(F)(F)F)CCCC3)c(CC)nc1[AsH]C(CC)CC. The van der Waals surface area contributed by atoms with Gasteiger partial charge in [0.1, 0.15) is 0 Å². The molecule has 0 bridgehead atoms. The van der Waals surface area contributed by atoms with E-state index in [4.69, 9.17) is 14.2 Å². The molecule has 0 radical (unpaired) electrons. The van der Waals surface area contributed by atoms with E-state index in [-0.39, 0.29) is 11.3 Å². The third kappa shape index (κ3) is 5.78. The molecule has 1 atom stereocenters. The second-order valence-electron chi connectivity index (χ2n) is 8.49. The predicted molar refractivity (Wildman–Crippen MR) is 130 cm³/mol. The normalized spacial score (nSPS) is 14.7. The molecule has 0 N–H and O–H groups in total. The fourth-order valence-corrected chi connectivity index (χ4v) is 7.59. The Labute approximate surface area is 206 Å². The van der Waals surface area contributed by atoms with Gasteiger partial charge in [-0.1, -0.05) is 0 Å². The van der Waals surface area contributed by atoms with Crippen molar-refractivity contribution in [2.24, 2.45) is 0 Å². The van der Waals surface area contributed by atoms with Crippen LogP contribution in [0.15, 0.2) is 12.1 Å². The minimum atomic E-state index is -5.82. The van der Waals surface area contributed by atoms with Crippen LogP contribution in [-0.4, -0.2) is 39.6 Å². The molecule has 1 heterocycles. The van der Waals surface area contributed by atoms with E-state index in [9.17, 15) is 21.6 Å². The van der Waals surface area contributed by atoms with Crippen molar-refractivity contribution in [2.75, 3.05) is 0 Å². The van der Waals surface area contributed by atoms with Gasteiger partial charge in [0.15, 0.2) is 0 Å². The van der Waals surface area contributed by atoms with Crippen molar-refractivity contribution in [1.82, 2.24) is 9.97 Å². The Hall–Kier alpha value is -1.60. The zero-order valence-electron chi connectivity index (χ0n) is 20.1. The summed E-state index contributed by atoms with van der Waals surface area (Å²) in [5.41, 5.74) is -1.52. The van der Waals surface area contributed by atoms with Crippen LogP contribution in [0.1, 0.15) is 75.9 Å². The van der Waals surface area contributed by atoms with Crippen molar-refractivity contribution in [3.8, 4) is 17.0 Å². The maximum atomic E-state index is 13.2. The van der Waals surface area contributed by atoms with E-state index < -0.39 is 31.4 Å². The summed E-state index contributed by atoms with van der Waals surface area (Å²) in [6, 6.07) is 3.21. The van der Waals surface area contributed by atoms with Crippen molar-refractivity contribution in [3.05, 3.63) is 34.6 Å². The Morgan fingerprint density at radius 3 is 2.09 bits per heavy atom. The number of hydrogen-bond donors (Lipinski definition) is 0. The first-order valence-corrected chi connectivity index (χ1v) is 15.5. The molecular weight excluding hydrogens is 528 g/mol. The molecular formula is C24H32AsF3N2O3S. The fourth-order valence-electron chi connectivity index (χ4n) is 4.20. The average molecular weight is 561 g/mol. The van der Waals surface area contributed by atoms with Gasteiger partial charge in [-0.05, 0) is 0 Å². The topological polar surface area (TPSA) is 69.2 Å². The zero-order chi connectivity index (χ0) is 25.1. The van der Waals surface area contributed by atoms with Crippen LogP contribution >= 0.6 is 0 Å². The van der Waals surface area contributed by atoms with Crippen LogP contribution in [0, 0.1) is 0 Å². The van der Waals surface area contributed by atoms with Crippen LogP contribution in [0.2, 0.25) is 4.71 Å². The Morgan fingerprint density at radius 1 is 0.971 bits per heavy atom. The Kier molecular flexibility index (Phi) is 8.72. The van der Waals surface area contributed by atoms with Gasteiger partial charge in [0.05, 0.1) is 0 Å². The van der Waals surface area contributed by atoms with Crippen LogP contribution in [0.4, 0.5) is 13.2 Å². The molecule has 0 amide bonds. The van der Waals surface area contributed by atoms with E-state index in [1.807, 2.05) is 13.8 Å². The van der Waals surface area contributed by atoms with Crippen molar-refractivity contribution < 1.29 is 25.8 Å². The summed E-state index contributed by atoms with van der Waals surface area (Å²) in [5, 5.41) is 0. The Balaban J connectivity index is 2.21. The minimum absolute atomic E-state index is 0.265. The van der Waals surface area contributed by atoms with E-state index in [0.29, 0.717) is 35.4 Å². The molecule has 1 aromatic heterocycles. The third-order valence-corrected chi connectivity index (χ3v) is 11.2. The monoisotopic (exact) mass is 560 g/mol. The van der Waals surface area contributed by atoms with Gasteiger partial charge >= 0.3 is 207 Å². The number of hydrogen-bond acceptors (Lipinski definition) is 5. The number of fused-ring (bicyclic) bond motifs is 1. The number of aryl methyl sites for hydroxylation is 4. The van der Waals surface area contributed by atoms with Gasteiger partial charge < -0.3 is 0 Å². The number of nitrogens with zero attached hydrogens (tertiary/aromatic N) is 2. The molecule has 1 aliphatic carbocycles. The molecule has 0 saturated carbocycles. The molecule has 1 aromatic carbocycles.